The zero-order valence-corrected chi connectivity index (χ0v) is 12.0. The first kappa shape index (κ1) is 14.7. The van der Waals surface area contributed by atoms with E-state index in [1.165, 1.54) is 24.7 Å². The third-order valence-corrected chi connectivity index (χ3v) is 3.24. The van der Waals surface area contributed by atoms with E-state index in [2.05, 4.69) is 15.8 Å². The minimum Gasteiger partial charge on any atom is -0.497 e. The van der Waals surface area contributed by atoms with Crippen LogP contribution >= 0.6 is 11.3 Å². The lowest BCUT2D eigenvalue weighted by Gasteiger charge is -2.05. The Labute approximate surface area is 125 Å². The number of thiophene rings is 1. The number of carbonyl (C=O) groups is 2. The fraction of sp³-hybridized carbons (Fsp3) is 0.0714. The minimum atomic E-state index is -0.842. The largest absolute Gasteiger partial charge is 0.497 e. The second-order valence-electron chi connectivity index (χ2n) is 3.90. The molecule has 2 amide bonds. The summed E-state index contributed by atoms with van der Waals surface area (Å²) in [5.74, 6) is -1.05. The van der Waals surface area contributed by atoms with E-state index in [9.17, 15) is 9.59 Å². The van der Waals surface area contributed by atoms with Gasteiger partial charge in [-0.3, -0.25) is 9.59 Å². The maximum Gasteiger partial charge on any atom is 0.329 e. The zero-order valence-electron chi connectivity index (χ0n) is 11.2. The van der Waals surface area contributed by atoms with Crippen molar-refractivity contribution in [3.05, 3.63) is 46.7 Å². The highest BCUT2D eigenvalue weighted by molar-refractivity contribution is 7.11. The van der Waals surface area contributed by atoms with Gasteiger partial charge in [0.15, 0.2) is 0 Å². The van der Waals surface area contributed by atoms with Crippen molar-refractivity contribution in [2.24, 2.45) is 5.10 Å². The van der Waals surface area contributed by atoms with Crippen LogP contribution in [0.4, 0.5) is 5.69 Å². The molecular formula is C14H13N3O3S. The molecule has 2 rings (SSSR count). The predicted molar refractivity (Wildman–Crippen MR) is 81.7 cm³/mol. The molecule has 0 unspecified atom stereocenters. The molecule has 2 aromatic rings. The Morgan fingerprint density at radius 3 is 2.81 bits per heavy atom. The van der Waals surface area contributed by atoms with Gasteiger partial charge in [0.1, 0.15) is 5.75 Å². The molecule has 0 spiro atoms. The molecule has 1 aromatic carbocycles. The molecule has 0 aliphatic heterocycles. The van der Waals surface area contributed by atoms with Gasteiger partial charge in [0.2, 0.25) is 0 Å². The van der Waals surface area contributed by atoms with Crippen LogP contribution in [0.25, 0.3) is 0 Å². The molecule has 7 heteroatoms. The maximum atomic E-state index is 11.7. The van der Waals surface area contributed by atoms with Gasteiger partial charge in [0, 0.05) is 16.6 Å². The Balaban J connectivity index is 1.88. The lowest BCUT2D eigenvalue weighted by molar-refractivity contribution is -0.136. The second-order valence-corrected chi connectivity index (χ2v) is 4.88. The van der Waals surface area contributed by atoms with E-state index >= 15 is 0 Å². The van der Waals surface area contributed by atoms with Crippen molar-refractivity contribution in [2.75, 3.05) is 12.4 Å². The average Bonchev–Trinajstić information content (AvgIpc) is 3.00. The summed E-state index contributed by atoms with van der Waals surface area (Å²) in [5, 5.41) is 8.06. The molecule has 6 nitrogen and oxygen atoms in total. The number of benzene rings is 1. The summed E-state index contributed by atoms with van der Waals surface area (Å²) >= 11 is 1.47. The Morgan fingerprint density at radius 2 is 2.10 bits per heavy atom. The third-order valence-electron chi connectivity index (χ3n) is 2.43. The minimum absolute atomic E-state index is 0.469. The molecule has 0 saturated carbocycles. The number of anilines is 1. The molecule has 0 aliphatic rings. The number of rotatable bonds is 4. The topological polar surface area (TPSA) is 79.8 Å². The van der Waals surface area contributed by atoms with Crippen molar-refractivity contribution >= 4 is 35.1 Å². The number of amides is 2. The molecule has 0 aliphatic carbocycles. The van der Waals surface area contributed by atoms with Crippen LogP contribution in [0, 0.1) is 0 Å². The van der Waals surface area contributed by atoms with Crippen LogP contribution in [0.5, 0.6) is 5.75 Å². The van der Waals surface area contributed by atoms with E-state index in [0.717, 1.165) is 4.88 Å². The molecular weight excluding hydrogens is 290 g/mol. The molecule has 0 bridgehead atoms. The number of ether oxygens (including phenoxy) is 1. The first-order valence-corrected chi connectivity index (χ1v) is 6.89. The van der Waals surface area contributed by atoms with E-state index in [1.807, 2.05) is 17.5 Å². The van der Waals surface area contributed by atoms with Gasteiger partial charge < -0.3 is 10.1 Å². The molecule has 0 atom stereocenters. The van der Waals surface area contributed by atoms with E-state index < -0.39 is 11.8 Å². The lowest BCUT2D eigenvalue weighted by Crippen LogP contribution is -2.32. The summed E-state index contributed by atoms with van der Waals surface area (Å²) in [5.41, 5.74) is 2.63. The molecule has 1 aromatic heterocycles. The number of hydrazone groups is 1. The van der Waals surface area contributed by atoms with Crippen molar-refractivity contribution in [1.29, 1.82) is 0 Å². The highest BCUT2D eigenvalue weighted by Crippen LogP contribution is 2.16. The highest BCUT2D eigenvalue weighted by atomic mass is 32.1. The average molecular weight is 303 g/mol. The first-order chi connectivity index (χ1) is 10.2. The van der Waals surface area contributed by atoms with Crippen LogP contribution in [-0.4, -0.2) is 25.1 Å². The van der Waals surface area contributed by atoms with E-state index in [4.69, 9.17) is 4.74 Å². The fourth-order valence-corrected chi connectivity index (χ4v) is 2.04. The third kappa shape index (κ3) is 4.43. The number of nitrogens with one attached hydrogen (secondary N) is 2. The fourth-order valence-electron chi connectivity index (χ4n) is 1.46. The number of methoxy groups -OCH3 is 1. The Hall–Kier alpha value is -2.67. The van der Waals surface area contributed by atoms with Gasteiger partial charge >= 0.3 is 11.8 Å². The van der Waals surface area contributed by atoms with Gasteiger partial charge in [0.25, 0.3) is 0 Å². The van der Waals surface area contributed by atoms with E-state index in [1.54, 1.807) is 24.3 Å². The van der Waals surface area contributed by atoms with E-state index in [-0.39, 0.29) is 0 Å². The predicted octanol–water partition coefficient (Wildman–Crippen LogP) is 1.85. The molecule has 0 fully saturated rings. The standard InChI is InChI=1S/C14H13N3O3S/c1-20-11-5-2-4-10(8-11)16-13(18)14(19)17-15-9-12-6-3-7-21-12/h2-9H,1H3,(H,16,18)(H,17,19)/b15-9-. The van der Waals surface area contributed by atoms with Gasteiger partial charge in [0.05, 0.1) is 13.3 Å². The van der Waals surface area contributed by atoms with Crippen molar-refractivity contribution in [3.63, 3.8) is 0 Å². The number of nitrogens with zero attached hydrogens (tertiary/aromatic N) is 1. The Kier molecular flexibility index (Phi) is 5.05. The SMILES string of the molecule is COc1cccc(NC(=O)C(=O)N/N=C\c2cccs2)c1. The highest BCUT2D eigenvalue weighted by Gasteiger charge is 2.12. The first-order valence-electron chi connectivity index (χ1n) is 6.01. The molecule has 2 N–H and O–H groups in total. The maximum absolute atomic E-state index is 11.7. The Bertz CT molecular complexity index is 653. The van der Waals surface area contributed by atoms with Crippen molar-refractivity contribution in [2.45, 2.75) is 0 Å². The van der Waals surface area contributed by atoms with Crippen molar-refractivity contribution in [3.8, 4) is 5.75 Å². The molecule has 21 heavy (non-hydrogen) atoms. The van der Waals surface area contributed by atoms with Gasteiger partial charge in [-0.15, -0.1) is 11.3 Å². The van der Waals surface area contributed by atoms with Gasteiger partial charge in [-0.2, -0.15) is 5.10 Å². The summed E-state index contributed by atoms with van der Waals surface area (Å²) in [6, 6.07) is 10.4. The number of hydrogen-bond donors (Lipinski definition) is 2. The molecule has 0 saturated heterocycles. The van der Waals surface area contributed by atoms with Crippen LogP contribution in [0.3, 0.4) is 0 Å². The second kappa shape index (κ2) is 7.20. The number of hydrogen-bond acceptors (Lipinski definition) is 5. The molecule has 0 radical (unpaired) electrons. The zero-order chi connectivity index (χ0) is 15.1. The summed E-state index contributed by atoms with van der Waals surface area (Å²) in [4.78, 5) is 24.1. The molecule has 108 valence electrons. The summed E-state index contributed by atoms with van der Waals surface area (Å²) in [7, 11) is 1.52. The van der Waals surface area contributed by atoms with Crippen LogP contribution in [-0.2, 0) is 9.59 Å². The Morgan fingerprint density at radius 1 is 1.24 bits per heavy atom. The number of carbonyl (C=O) groups excluding carboxylic acids is 2. The monoisotopic (exact) mass is 303 g/mol. The smallest absolute Gasteiger partial charge is 0.329 e. The van der Waals surface area contributed by atoms with E-state index in [0.29, 0.717) is 11.4 Å². The van der Waals surface area contributed by atoms with Crippen LogP contribution in [0.15, 0.2) is 46.9 Å². The quantitative estimate of drug-likeness (QED) is 0.514. The summed E-state index contributed by atoms with van der Waals surface area (Å²) in [6.07, 6.45) is 1.47. The normalized spacial score (nSPS) is 10.3. The van der Waals surface area contributed by atoms with Crippen molar-refractivity contribution < 1.29 is 14.3 Å². The van der Waals surface area contributed by atoms with Crippen LogP contribution < -0.4 is 15.5 Å². The van der Waals surface area contributed by atoms with Gasteiger partial charge in [-0.25, -0.2) is 5.43 Å². The van der Waals surface area contributed by atoms with Crippen LogP contribution in [0.1, 0.15) is 4.88 Å². The lowest BCUT2D eigenvalue weighted by atomic mass is 10.3. The van der Waals surface area contributed by atoms with Gasteiger partial charge in [-0.05, 0) is 23.6 Å². The van der Waals surface area contributed by atoms with Crippen LogP contribution in [0.2, 0.25) is 0 Å². The summed E-state index contributed by atoms with van der Waals surface area (Å²) < 4.78 is 5.03. The van der Waals surface area contributed by atoms with Crippen molar-refractivity contribution in [1.82, 2.24) is 5.43 Å². The molecule has 1 heterocycles. The summed E-state index contributed by atoms with van der Waals surface area (Å²) in [6.45, 7) is 0. The van der Waals surface area contributed by atoms with Gasteiger partial charge in [-0.1, -0.05) is 12.1 Å².